The van der Waals surface area contributed by atoms with Crippen LogP contribution in [0.3, 0.4) is 0 Å². The monoisotopic (exact) mass is 324 g/mol. The minimum absolute atomic E-state index is 0.199. The second-order valence-corrected chi connectivity index (χ2v) is 5.03. The van der Waals surface area contributed by atoms with E-state index in [1.54, 1.807) is 18.3 Å². The molecule has 3 nitrogen and oxygen atoms in total. The molecule has 0 aliphatic carbocycles. The molecular formula is C13H10BrClN2O. The fourth-order valence-corrected chi connectivity index (χ4v) is 2.01. The van der Waals surface area contributed by atoms with Gasteiger partial charge in [-0.2, -0.15) is 0 Å². The molecule has 0 aliphatic heterocycles. The fourth-order valence-electron chi connectivity index (χ4n) is 1.53. The van der Waals surface area contributed by atoms with Gasteiger partial charge in [0.25, 0.3) is 5.91 Å². The number of nitrogens with one attached hydrogen (secondary N) is 1. The van der Waals surface area contributed by atoms with Gasteiger partial charge in [0.1, 0.15) is 0 Å². The molecular weight excluding hydrogens is 316 g/mol. The first-order valence-corrected chi connectivity index (χ1v) is 6.43. The van der Waals surface area contributed by atoms with Crippen molar-refractivity contribution in [2.45, 2.75) is 6.92 Å². The van der Waals surface area contributed by atoms with Crippen molar-refractivity contribution in [1.82, 2.24) is 4.98 Å². The van der Waals surface area contributed by atoms with Crippen LogP contribution in [0.1, 0.15) is 15.9 Å². The number of halogens is 2. The molecule has 92 valence electrons. The molecule has 0 aliphatic rings. The van der Waals surface area contributed by atoms with Crippen molar-refractivity contribution in [2.24, 2.45) is 0 Å². The Morgan fingerprint density at radius 3 is 2.83 bits per heavy atom. The quantitative estimate of drug-likeness (QED) is 0.846. The number of pyridine rings is 1. The zero-order valence-electron chi connectivity index (χ0n) is 9.58. The highest BCUT2D eigenvalue weighted by molar-refractivity contribution is 9.10. The summed E-state index contributed by atoms with van der Waals surface area (Å²) < 4.78 is 0.756. The van der Waals surface area contributed by atoms with E-state index in [1.807, 2.05) is 25.1 Å². The summed E-state index contributed by atoms with van der Waals surface area (Å²) in [5, 5.41) is 3.01. The largest absolute Gasteiger partial charge is 0.319 e. The van der Waals surface area contributed by atoms with Crippen molar-refractivity contribution in [1.29, 1.82) is 0 Å². The van der Waals surface area contributed by atoms with Gasteiger partial charge in [-0.05, 0) is 40.5 Å². The van der Waals surface area contributed by atoms with E-state index >= 15 is 0 Å². The van der Waals surface area contributed by atoms with E-state index < -0.39 is 0 Å². The Morgan fingerprint density at radius 2 is 2.11 bits per heavy atom. The van der Waals surface area contributed by atoms with Crippen LogP contribution in [0.5, 0.6) is 0 Å². The first-order valence-electron chi connectivity index (χ1n) is 5.26. The normalized spacial score (nSPS) is 10.2. The predicted molar refractivity (Wildman–Crippen MR) is 76.1 cm³/mol. The number of hydrogen-bond donors (Lipinski definition) is 1. The second kappa shape index (κ2) is 5.50. The van der Waals surface area contributed by atoms with Crippen LogP contribution in [-0.2, 0) is 0 Å². The molecule has 0 saturated carbocycles. The molecule has 2 rings (SSSR count). The number of amides is 1. The van der Waals surface area contributed by atoms with Crippen molar-refractivity contribution in [3.63, 3.8) is 0 Å². The van der Waals surface area contributed by atoms with Crippen LogP contribution in [0.4, 0.5) is 5.69 Å². The molecule has 1 heterocycles. The SMILES string of the molecule is Cc1ccccc1C(=O)Nc1cc(Br)cnc1Cl. The lowest BCUT2D eigenvalue weighted by Crippen LogP contribution is -2.13. The minimum Gasteiger partial charge on any atom is -0.319 e. The smallest absolute Gasteiger partial charge is 0.256 e. The number of aryl methyl sites for hydroxylation is 1. The summed E-state index contributed by atoms with van der Waals surface area (Å²) in [4.78, 5) is 16.0. The van der Waals surface area contributed by atoms with Gasteiger partial charge in [-0.15, -0.1) is 0 Å². The molecule has 18 heavy (non-hydrogen) atoms. The third kappa shape index (κ3) is 2.89. The van der Waals surface area contributed by atoms with Gasteiger partial charge in [-0.25, -0.2) is 4.98 Å². The zero-order valence-corrected chi connectivity index (χ0v) is 11.9. The predicted octanol–water partition coefficient (Wildman–Crippen LogP) is 4.06. The van der Waals surface area contributed by atoms with Crippen molar-refractivity contribution < 1.29 is 4.79 Å². The summed E-state index contributed by atoms with van der Waals surface area (Å²) in [6, 6.07) is 9.08. The Labute approximate surface area is 118 Å². The number of carbonyl (C=O) groups is 1. The molecule has 0 bridgehead atoms. The lowest BCUT2D eigenvalue weighted by molar-refractivity contribution is 0.102. The highest BCUT2D eigenvalue weighted by Gasteiger charge is 2.11. The van der Waals surface area contributed by atoms with Gasteiger partial charge in [0.05, 0.1) is 5.69 Å². The van der Waals surface area contributed by atoms with Crippen LogP contribution in [0, 0.1) is 6.92 Å². The van der Waals surface area contributed by atoms with Crippen molar-refractivity contribution in [3.8, 4) is 0 Å². The van der Waals surface area contributed by atoms with E-state index in [9.17, 15) is 4.79 Å². The maximum Gasteiger partial charge on any atom is 0.256 e. The third-order valence-electron chi connectivity index (χ3n) is 2.44. The lowest BCUT2D eigenvalue weighted by Gasteiger charge is -2.08. The molecule has 1 aromatic heterocycles. The number of hydrogen-bond acceptors (Lipinski definition) is 2. The Balaban J connectivity index is 2.27. The highest BCUT2D eigenvalue weighted by Crippen LogP contribution is 2.23. The molecule has 5 heteroatoms. The van der Waals surface area contributed by atoms with E-state index in [-0.39, 0.29) is 11.1 Å². The van der Waals surface area contributed by atoms with Gasteiger partial charge < -0.3 is 5.32 Å². The van der Waals surface area contributed by atoms with Crippen LogP contribution < -0.4 is 5.32 Å². The summed E-state index contributed by atoms with van der Waals surface area (Å²) in [6.07, 6.45) is 1.58. The molecule has 1 aromatic carbocycles. The highest BCUT2D eigenvalue weighted by atomic mass is 79.9. The van der Waals surface area contributed by atoms with E-state index in [0.717, 1.165) is 10.0 Å². The van der Waals surface area contributed by atoms with Gasteiger partial charge >= 0.3 is 0 Å². The number of nitrogens with zero attached hydrogens (tertiary/aromatic N) is 1. The van der Waals surface area contributed by atoms with Crippen LogP contribution in [0.15, 0.2) is 41.0 Å². The molecule has 2 aromatic rings. The first-order chi connectivity index (χ1) is 8.58. The van der Waals surface area contributed by atoms with E-state index in [0.29, 0.717) is 11.3 Å². The van der Waals surface area contributed by atoms with E-state index in [1.165, 1.54) is 0 Å². The summed E-state index contributed by atoms with van der Waals surface area (Å²) >= 11 is 9.21. The summed E-state index contributed by atoms with van der Waals surface area (Å²) in [6.45, 7) is 1.88. The minimum atomic E-state index is -0.199. The Morgan fingerprint density at radius 1 is 1.39 bits per heavy atom. The number of benzene rings is 1. The molecule has 0 radical (unpaired) electrons. The van der Waals surface area contributed by atoms with Gasteiger partial charge in [0.2, 0.25) is 0 Å². The molecule has 1 amide bonds. The average Bonchev–Trinajstić information content (AvgIpc) is 2.34. The number of rotatable bonds is 2. The van der Waals surface area contributed by atoms with Crippen molar-refractivity contribution in [3.05, 3.63) is 57.3 Å². The molecule has 0 spiro atoms. The van der Waals surface area contributed by atoms with Gasteiger partial charge in [0.15, 0.2) is 5.15 Å². The Hall–Kier alpha value is -1.39. The maximum atomic E-state index is 12.1. The number of aromatic nitrogens is 1. The van der Waals surface area contributed by atoms with Crippen molar-refractivity contribution in [2.75, 3.05) is 5.32 Å². The van der Waals surface area contributed by atoms with Crippen LogP contribution in [0.25, 0.3) is 0 Å². The van der Waals surface area contributed by atoms with Crippen molar-refractivity contribution >= 4 is 39.1 Å². The van der Waals surface area contributed by atoms with Crippen LogP contribution in [0.2, 0.25) is 5.15 Å². The standard InChI is InChI=1S/C13H10BrClN2O/c1-8-4-2-3-5-10(8)13(18)17-11-6-9(14)7-16-12(11)15/h2-7H,1H3,(H,17,18). The first kappa shape index (κ1) is 13.1. The van der Waals surface area contributed by atoms with Crippen LogP contribution in [-0.4, -0.2) is 10.9 Å². The fraction of sp³-hybridized carbons (Fsp3) is 0.0769. The molecule has 0 fully saturated rings. The van der Waals surface area contributed by atoms with E-state index in [2.05, 4.69) is 26.2 Å². The Kier molecular flexibility index (Phi) is 3.99. The van der Waals surface area contributed by atoms with E-state index in [4.69, 9.17) is 11.6 Å². The van der Waals surface area contributed by atoms with Gasteiger partial charge in [-0.3, -0.25) is 4.79 Å². The second-order valence-electron chi connectivity index (χ2n) is 3.76. The zero-order chi connectivity index (χ0) is 13.1. The van der Waals surface area contributed by atoms with Gasteiger partial charge in [0, 0.05) is 16.2 Å². The summed E-state index contributed by atoms with van der Waals surface area (Å²) in [5.74, 6) is -0.199. The third-order valence-corrected chi connectivity index (χ3v) is 3.18. The molecule has 1 N–H and O–H groups in total. The summed E-state index contributed by atoms with van der Waals surface area (Å²) in [5.41, 5.74) is 2.02. The maximum absolute atomic E-state index is 12.1. The topological polar surface area (TPSA) is 42.0 Å². The number of anilines is 1. The molecule has 0 atom stereocenters. The Bertz CT molecular complexity index is 601. The van der Waals surface area contributed by atoms with Crippen LogP contribution >= 0.6 is 27.5 Å². The molecule has 0 saturated heterocycles. The molecule has 0 unspecified atom stereocenters. The number of carbonyl (C=O) groups excluding carboxylic acids is 1. The summed E-state index contributed by atoms with van der Waals surface area (Å²) in [7, 11) is 0. The lowest BCUT2D eigenvalue weighted by atomic mass is 10.1. The average molecular weight is 326 g/mol. The van der Waals surface area contributed by atoms with Gasteiger partial charge in [-0.1, -0.05) is 29.8 Å².